The Morgan fingerprint density at radius 1 is 0.647 bits per heavy atom. The van der Waals surface area contributed by atoms with Gasteiger partial charge in [-0.25, -0.2) is 4.79 Å². The molecular weight excluding hydrogens is 416 g/mol. The van der Waals surface area contributed by atoms with Crippen LogP contribution in [0.3, 0.4) is 0 Å². The Balaban J connectivity index is 1.56. The molecule has 0 bridgehead atoms. The van der Waals surface area contributed by atoms with Crippen LogP contribution in [0.15, 0.2) is 61.2 Å². The van der Waals surface area contributed by atoms with Gasteiger partial charge < -0.3 is 4.74 Å². The molecule has 0 aliphatic rings. The molecule has 2 aromatic carbocycles. The molecule has 0 radical (unpaired) electrons. The molecule has 0 saturated carbocycles. The van der Waals surface area contributed by atoms with Crippen molar-refractivity contribution < 1.29 is 9.53 Å². The first-order valence-electron chi connectivity index (χ1n) is 13.7. The minimum atomic E-state index is -0.315. The topological polar surface area (TPSA) is 26.3 Å². The zero-order valence-electron chi connectivity index (χ0n) is 21.5. The van der Waals surface area contributed by atoms with Crippen LogP contribution in [0.4, 0.5) is 0 Å². The van der Waals surface area contributed by atoms with E-state index in [9.17, 15) is 4.79 Å². The predicted octanol–water partition coefficient (Wildman–Crippen LogP) is 9.26. The lowest BCUT2D eigenvalue weighted by molar-refractivity contribution is -0.137. The number of ether oxygens (including phenoxy) is 1. The van der Waals surface area contributed by atoms with E-state index in [1.165, 1.54) is 105 Å². The fourth-order valence-corrected chi connectivity index (χ4v) is 4.38. The number of carbonyl (C=O) groups is 1. The Bertz CT molecular complexity index is 789. The van der Waals surface area contributed by atoms with Crippen molar-refractivity contribution in [1.82, 2.24) is 0 Å². The first kappa shape index (κ1) is 27.9. The second-order valence-corrected chi connectivity index (χ2v) is 9.51. The fourth-order valence-electron chi connectivity index (χ4n) is 4.38. The maximum absolute atomic E-state index is 11.0. The molecule has 0 aromatic heterocycles. The maximum Gasteiger partial charge on any atom is 0.330 e. The highest BCUT2D eigenvalue weighted by molar-refractivity contribution is 5.81. The van der Waals surface area contributed by atoms with Gasteiger partial charge in [-0.1, -0.05) is 126 Å². The van der Waals surface area contributed by atoms with E-state index in [2.05, 4.69) is 62.0 Å². The molecule has 0 unspecified atom stereocenters. The second kappa shape index (κ2) is 18.0. The van der Waals surface area contributed by atoms with Gasteiger partial charge in [-0.05, 0) is 54.4 Å². The lowest BCUT2D eigenvalue weighted by atomic mass is 9.98. The molecular formula is C32H46O2. The van der Waals surface area contributed by atoms with Gasteiger partial charge in [0.05, 0.1) is 6.61 Å². The van der Waals surface area contributed by atoms with Crippen molar-refractivity contribution in [2.75, 3.05) is 6.61 Å². The summed E-state index contributed by atoms with van der Waals surface area (Å²) in [5.74, 6) is -0.315. The van der Waals surface area contributed by atoms with Gasteiger partial charge in [-0.3, -0.25) is 0 Å². The van der Waals surface area contributed by atoms with E-state index in [1.54, 1.807) is 0 Å². The number of carbonyl (C=O) groups excluding carboxylic acids is 1. The second-order valence-electron chi connectivity index (χ2n) is 9.51. The van der Waals surface area contributed by atoms with Gasteiger partial charge in [-0.15, -0.1) is 0 Å². The van der Waals surface area contributed by atoms with Gasteiger partial charge in [0.15, 0.2) is 0 Å². The normalized spacial score (nSPS) is 10.9. The van der Waals surface area contributed by atoms with Gasteiger partial charge in [-0.2, -0.15) is 0 Å². The number of rotatable bonds is 19. The molecule has 34 heavy (non-hydrogen) atoms. The van der Waals surface area contributed by atoms with E-state index in [-0.39, 0.29) is 5.97 Å². The van der Waals surface area contributed by atoms with Crippen LogP contribution >= 0.6 is 0 Å². The van der Waals surface area contributed by atoms with E-state index in [1.807, 2.05) is 0 Å². The lowest BCUT2D eigenvalue weighted by Crippen LogP contribution is -2.01. The molecule has 2 rings (SSSR count). The van der Waals surface area contributed by atoms with Crippen molar-refractivity contribution in [2.45, 2.75) is 103 Å². The van der Waals surface area contributed by atoms with Crippen molar-refractivity contribution in [2.24, 2.45) is 0 Å². The quantitative estimate of drug-likeness (QED) is 0.118. The largest absolute Gasteiger partial charge is 0.463 e. The highest BCUT2D eigenvalue weighted by Crippen LogP contribution is 2.22. The van der Waals surface area contributed by atoms with Gasteiger partial charge in [0.1, 0.15) is 0 Å². The molecule has 0 heterocycles. The Kier molecular flexibility index (Phi) is 14.8. The third-order valence-corrected chi connectivity index (χ3v) is 6.58. The molecule has 0 N–H and O–H groups in total. The average Bonchev–Trinajstić information content (AvgIpc) is 2.88. The minimum absolute atomic E-state index is 0.315. The third-order valence-electron chi connectivity index (χ3n) is 6.58. The van der Waals surface area contributed by atoms with Crippen molar-refractivity contribution in [1.29, 1.82) is 0 Å². The number of esters is 1. The minimum Gasteiger partial charge on any atom is -0.463 e. The van der Waals surface area contributed by atoms with Crippen molar-refractivity contribution in [3.8, 4) is 11.1 Å². The summed E-state index contributed by atoms with van der Waals surface area (Å²) in [7, 11) is 0. The molecule has 186 valence electrons. The molecule has 2 heteroatoms. The number of hydrogen-bond donors (Lipinski definition) is 0. The summed E-state index contributed by atoms with van der Waals surface area (Å²) in [6.07, 6.45) is 20.1. The Morgan fingerprint density at radius 2 is 1.06 bits per heavy atom. The van der Waals surface area contributed by atoms with Crippen LogP contribution in [-0.4, -0.2) is 12.6 Å². The molecule has 0 spiro atoms. The van der Waals surface area contributed by atoms with Gasteiger partial charge in [0.25, 0.3) is 0 Å². The number of hydrogen-bond acceptors (Lipinski definition) is 2. The van der Waals surface area contributed by atoms with E-state index < -0.39 is 0 Å². The molecule has 0 saturated heterocycles. The zero-order chi connectivity index (χ0) is 24.3. The molecule has 0 aliphatic heterocycles. The summed E-state index contributed by atoms with van der Waals surface area (Å²) in [6.45, 7) is 6.19. The summed E-state index contributed by atoms with van der Waals surface area (Å²) in [5.41, 5.74) is 5.53. The van der Waals surface area contributed by atoms with E-state index in [0.29, 0.717) is 6.61 Å². The highest BCUT2D eigenvalue weighted by atomic mass is 16.5. The fraction of sp³-hybridized carbons (Fsp3) is 0.531. The highest BCUT2D eigenvalue weighted by Gasteiger charge is 2.01. The van der Waals surface area contributed by atoms with Crippen molar-refractivity contribution in [3.05, 3.63) is 72.3 Å². The number of unbranched alkanes of at least 4 members (excludes halogenated alkanes) is 11. The van der Waals surface area contributed by atoms with Crippen LogP contribution in [0.1, 0.15) is 102 Å². The Labute approximate surface area is 208 Å². The maximum atomic E-state index is 11.0. The van der Waals surface area contributed by atoms with Crippen LogP contribution in [0.2, 0.25) is 0 Å². The van der Waals surface area contributed by atoms with E-state index >= 15 is 0 Å². The third kappa shape index (κ3) is 12.2. The first-order chi connectivity index (χ1) is 16.7. The molecule has 0 aliphatic carbocycles. The summed E-state index contributed by atoms with van der Waals surface area (Å²) in [4.78, 5) is 11.0. The number of benzene rings is 2. The zero-order valence-corrected chi connectivity index (χ0v) is 21.5. The van der Waals surface area contributed by atoms with Gasteiger partial charge in [0, 0.05) is 6.08 Å². The first-order valence-corrected chi connectivity index (χ1v) is 13.7. The standard InChI is InChI=1S/C32H46O2/c1-3-5-6-7-11-14-17-28-19-23-30(24-20-28)31-25-21-29(22-26-31)18-15-12-9-8-10-13-16-27-34-32(33)4-2/h4,19-26H,2-3,5-18,27H2,1H3. The van der Waals surface area contributed by atoms with Gasteiger partial charge >= 0.3 is 5.97 Å². The average molecular weight is 463 g/mol. The summed E-state index contributed by atoms with van der Waals surface area (Å²) < 4.78 is 5.00. The number of aryl methyl sites for hydroxylation is 2. The van der Waals surface area contributed by atoms with Crippen LogP contribution < -0.4 is 0 Å². The Morgan fingerprint density at radius 3 is 1.50 bits per heavy atom. The monoisotopic (exact) mass is 462 g/mol. The van der Waals surface area contributed by atoms with Gasteiger partial charge in [0.2, 0.25) is 0 Å². The van der Waals surface area contributed by atoms with E-state index in [4.69, 9.17) is 4.74 Å². The molecule has 0 fully saturated rings. The Hall–Kier alpha value is -2.35. The summed E-state index contributed by atoms with van der Waals surface area (Å²) in [5, 5.41) is 0. The summed E-state index contributed by atoms with van der Waals surface area (Å²) in [6, 6.07) is 18.3. The smallest absolute Gasteiger partial charge is 0.330 e. The lowest BCUT2D eigenvalue weighted by Gasteiger charge is -2.07. The van der Waals surface area contributed by atoms with Crippen LogP contribution in [-0.2, 0) is 22.4 Å². The van der Waals surface area contributed by atoms with Crippen molar-refractivity contribution in [3.63, 3.8) is 0 Å². The predicted molar refractivity (Wildman–Crippen MR) is 146 cm³/mol. The van der Waals surface area contributed by atoms with Crippen molar-refractivity contribution >= 4 is 5.97 Å². The van der Waals surface area contributed by atoms with E-state index in [0.717, 1.165) is 19.3 Å². The molecule has 0 atom stereocenters. The van der Waals surface area contributed by atoms with Crippen LogP contribution in [0.25, 0.3) is 11.1 Å². The molecule has 2 aromatic rings. The molecule has 2 nitrogen and oxygen atoms in total. The molecule has 0 amide bonds. The summed E-state index contributed by atoms with van der Waals surface area (Å²) >= 11 is 0. The van der Waals surface area contributed by atoms with Crippen LogP contribution in [0, 0.1) is 0 Å². The van der Waals surface area contributed by atoms with Crippen LogP contribution in [0.5, 0.6) is 0 Å². The SMILES string of the molecule is C=CC(=O)OCCCCCCCCCc1ccc(-c2ccc(CCCCCCCC)cc2)cc1.